The molecule has 8 nitrogen and oxygen atoms in total. The first-order chi connectivity index (χ1) is 14.2. The van der Waals surface area contributed by atoms with Crippen LogP contribution in [-0.2, 0) is 14.8 Å². The normalized spacial score (nSPS) is 11.2. The van der Waals surface area contributed by atoms with E-state index < -0.39 is 15.9 Å². The third kappa shape index (κ3) is 5.14. The SMILES string of the molecule is COc1ccc(-c2nnc(NC(=O)CN(c3ccc(C)cc3C)S(C)(=O)=O)s2)cc1. The number of nitrogens with one attached hydrogen (secondary N) is 1. The maximum atomic E-state index is 12.6. The highest BCUT2D eigenvalue weighted by atomic mass is 32.2. The van der Waals surface area contributed by atoms with Crippen LogP contribution in [0.1, 0.15) is 11.1 Å². The highest BCUT2D eigenvalue weighted by Gasteiger charge is 2.23. The molecule has 0 aliphatic carbocycles. The van der Waals surface area contributed by atoms with Gasteiger partial charge in [0.1, 0.15) is 17.3 Å². The molecule has 30 heavy (non-hydrogen) atoms. The minimum atomic E-state index is -3.66. The molecule has 0 saturated heterocycles. The number of benzene rings is 2. The Labute approximate surface area is 179 Å². The van der Waals surface area contributed by atoms with E-state index in [1.54, 1.807) is 13.2 Å². The van der Waals surface area contributed by atoms with Gasteiger partial charge in [0.15, 0.2) is 0 Å². The van der Waals surface area contributed by atoms with Gasteiger partial charge < -0.3 is 4.74 Å². The first-order valence-corrected chi connectivity index (χ1v) is 11.7. The summed E-state index contributed by atoms with van der Waals surface area (Å²) in [4.78, 5) is 12.6. The van der Waals surface area contributed by atoms with E-state index in [-0.39, 0.29) is 6.54 Å². The smallest absolute Gasteiger partial charge is 0.246 e. The summed E-state index contributed by atoms with van der Waals surface area (Å²) in [6.07, 6.45) is 1.08. The van der Waals surface area contributed by atoms with Gasteiger partial charge in [-0.3, -0.25) is 14.4 Å². The van der Waals surface area contributed by atoms with Gasteiger partial charge in [0, 0.05) is 5.56 Å². The zero-order chi connectivity index (χ0) is 21.9. The number of sulfonamides is 1. The lowest BCUT2D eigenvalue weighted by molar-refractivity contribution is -0.114. The van der Waals surface area contributed by atoms with Gasteiger partial charge in [0.25, 0.3) is 0 Å². The largest absolute Gasteiger partial charge is 0.497 e. The summed E-state index contributed by atoms with van der Waals surface area (Å²) in [6, 6.07) is 12.7. The Morgan fingerprint density at radius 1 is 1.13 bits per heavy atom. The van der Waals surface area contributed by atoms with Crippen LogP contribution in [0.3, 0.4) is 0 Å². The maximum Gasteiger partial charge on any atom is 0.246 e. The second-order valence-corrected chi connectivity index (χ2v) is 9.63. The molecule has 2 aromatic carbocycles. The molecule has 0 saturated carbocycles. The van der Waals surface area contributed by atoms with E-state index in [0.29, 0.717) is 15.8 Å². The number of aromatic nitrogens is 2. The van der Waals surface area contributed by atoms with Crippen molar-refractivity contribution in [3.05, 3.63) is 53.6 Å². The molecule has 3 rings (SSSR count). The Morgan fingerprint density at radius 3 is 2.43 bits per heavy atom. The second-order valence-electron chi connectivity index (χ2n) is 6.75. The molecular weight excluding hydrogens is 424 g/mol. The molecule has 10 heteroatoms. The van der Waals surface area contributed by atoms with Gasteiger partial charge >= 0.3 is 0 Å². The average molecular weight is 447 g/mol. The Kier molecular flexibility index (Phi) is 6.37. The second kappa shape index (κ2) is 8.80. The Balaban J connectivity index is 1.75. The number of carbonyl (C=O) groups excluding carboxylic acids is 1. The van der Waals surface area contributed by atoms with Crippen LogP contribution in [0, 0.1) is 13.8 Å². The quantitative estimate of drug-likeness (QED) is 0.598. The van der Waals surface area contributed by atoms with Crippen molar-refractivity contribution in [3.8, 4) is 16.3 Å². The van der Waals surface area contributed by atoms with Gasteiger partial charge in [-0.15, -0.1) is 10.2 Å². The van der Waals surface area contributed by atoms with E-state index >= 15 is 0 Å². The van der Waals surface area contributed by atoms with Crippen molar-refractivity contribution in [3.63, 3.8) is 0 Å². The molecule has 1 N–H and O–H groups in total. The first-order valence-electron chi connectivity index (χ1n) is 9.00. The van der Waals surface area contributed by atoms with Gasteiger partial charge in [-0.05, 0) is 49.7 Å². The van der Waals surface area contributed by atoms with Crippen LogP contribution in [0.2, 0.25) is 0 Å². The third-order valence-electron chi connectivity index (χ3n) is 4.32. The number of nitrogens with zero attached hydrogens (tertiary/aromatic N) is 3. The predicted octanol–water partition coefficient (Wildman–Crippen LogP) is 3.24. The average Bonchev–Trinajstić information content (AvgIpc) is 3.14. The topological polar surface area (TPSA) is 101 Å². The van der Waals surface area contributed by atoms with Crippen molar-refractivity contribution in [2.75, 3.05) is 29.5 Å². The summed E-state index contributed by atoms with van der Waals surface area (Å²) in [5, 5.41) is 11.6. The molecule has 3 aromatic rings. The number of aryl methyl sites for hydroxylation is 2. The van der Waals surface area contributed by atoms with Crippen molar-refractivity contribution in [2.24, 2.45) is 0 Å². The van der Waals surface area contributed by atoms with Crippen LogP contribution in [0.5, 0.6) is 5.75 Å². The van der Waals surface area contributed by atoms with Gasteiger partial charge in [0.2, 0.25) is 21.1 Å². The molecule has 0 fully saturated rings. The zero-order valence-corrected chi connectivity index (χ0v) is 18.7. The minimum Gasteiger partial charge on any atom is -0.497 e. The summed E-state index contributed by atoms with van der Waals surface area (Å²) in [5.41, 5.74) is 3.08. The molecule has 0 aliphatic heterocycles. The van der Waals surface area contributed by atoms with Crippen molar-refractivity contribution in [1.82, 2.24) is 10.2 Å². The number of hydrogen-bond acceptors (Lipinski definition) is 7. The number of anilines is 2. The maximum absolute atomic E-state index is 12.6. The van der Waals surface area contributed by atoms with Crippen LogP contribution in [0.25, 0.3) is 10.6 Å². The summed E-state index contributed by atoms with van der Waals surface area (Å²) in [6.45, 7) is 3.37. The van der Waals surface area contributed by atoms with Crippen LogP contribution >= 0.6 is 11.3 Å². The molecule has 1 heterocycles. The number of carbonyl (C=O) groups is 1. The van der Waals surface area contributed by atoms with Crippen molar-refractivity contribution >= 4 is 38.1 Å². The summed E-state index contributed by atoms with van der Waals surface area (Å²) < 4.78 is 30.8. The fourth-order valence-electron chi connectivity index (χ4n) is 2.88. The number of rotatable bonds is 7. The molecule has 1 amide bonds. The molecule has 0 radical (unpaired) electrons. The molecule has 0 unspecified atom stereocenters. The van der Waals surface area contributed by atoms with E-state index in [4.69, 9.17) is 4.74 Å². The van der Waals surface area contributed by atoms with Gasteiger partial charge in [-0.1, -0.05) is 29.0 Å². The van der Waals surface area contributed by atoms with Crippen LogP contribution in [0.4, 0.5) is 10.8 Å². The van der Waals surface area contributed by atoms with Gasteiger partial charge in [0.05, 0.1) is 19.1 Å². The summed E-state index contributed by atoms with van der Waals surface area (Å²) in [5.74, 6) is 0.224. The lowest BCUT2D eigenvalue weighted by Gasteiger charge is -2.23. The summed E-state index contributed by atoms with van der Waals surface area (Å²) >= 11 is 1.20. The number of methoxy groups -OCH3 is 1. The van der Waals surface area contributed by atoms with Crippen molar-refractivity contribution < 1.29 is 17.9 Å². The number of amides is 1. The molecule has 1 aromatic heterocycles. The standard InChI is InChI=1S/C20H22N4O4S2/c1-13-5-10-17(14(2)11-13)24(30(4,26)27)12-18(25)21-20-23-22-19(29-20)15-6-8-16(28-3)9-7-15/h5-11H,12H2,1-4H3,(H,21,23,25). The zero-order valence-electron chi connectivity index (χ0n) is 17.0. The van der Waals surface area contributed by atoms with Crippen LogP contribution in [0.15, 0.2) is 42.5 Å². The van der Waals surface area contributed by atoms with E-state index in [1.807, 2.05) is 50.2 Å². The van der Waals surface area contributed by atoms with E-state index in [1.165, 1.54) is 11.3 Å². The molecule has 0 aliphatic rings. The highest BCUT2D eigenvalue weighted by Crippen LogP contribution is 2.28. The fourth-order valence-corrected chi connectivity index (χ4v) is 4.56. The Bertz CT molecular complexity index is 1160. The first kappa shape index (κ1) is 21.7. The van der Waals surface area contributed by atoms with E-state index in [2.05, 4.69) is 15.5 Å². The molecule has 0 atom stereocenters. The van der Waals surface area contributed by atoms with E-state index in [9.17, 15) is 13.2 Å². The van der Waals surface area contributed by atoms with Crippen molar-refractivity contribution in [1.29, 1.82) is 0 Å². The lowest BCUT2D eigenvalue weighted by atomic mass is 10.1. The number of hydrogen-bond donors (Lipinski definition) is 1. The highest BCUT2D eigenvalue weighted by molar-refractivity contribution is 7.92. The van der Waals surface area contributed by atoms with E-state index in [0.717, 1.165) is 33.0 Å². The van der Waals surface area contributed by atoms with Gasteiger partial charge in [-0.25, -0.2) is 8.42 Å². The Hall–Kier alpha value is -2.98. The molecular formula is C20H22N4O4S2. The summed E-state index contributed by atoms with van der Waals surface area (Å²) in [7, 11) is -2.07. The molecule has 158 valence electrons. The van der Waals surface area contributed by atoms with Crippen LogP contribution < -0.4 is 14.4 Å². The number of ether oxygens (including phenoxy) is 1. The predicted molar refractivity (Wildman–Crippen MR) is 119 cm³/mol. The van der Waals surface area contributed by atoms with Gasteiger partial charge in [-0.2, -0.15) is 0 Å². The molecule has 0 spiro atoms. The van der Waals surface area contributed by atoms with Crippen LogP contribution in [-0.4, -0.2) is 44.4 Å². The third-order valence-corrected chi connectivity index (χ3v) is 6.33. The minimum absolute atomic E-state index is 0.292. The Morgan fingerprint density at radius 2 is 1.83 bits per heavy atom. The monoisotopic (exact) mass is 446 g/mol. The lowest BCUT2D eigenvalue weighted by Crippen LogP contribution is -2.37. The van der Waals surface area contributed by atoms with Crippen molar-refractivity contribution in [2.45, 2.75) is 13.8 Å². The fraction of sp³-hybridized carbons (Fsp3) is 0.250. The molecule has 0 bridgehead atoms.